The van der Waals surface area contributed by atoms with Crippen LogP contribution in [0.2, 0.25) is 0 Å². The zero-order valence-electron chi connectivity index (χ0n) is 14.6. The van der Waals surface area contributed by atoms with Gasteiger partial charge in [0.1, 0.15) is 22.0 Å². The summed E-state index contributed by atoms with van der Waals surface area (Å²) in [7, 11) is -2.52. The van der Waals surface area contributed by atoms with E-state index in [1.54, 1.807) is 6.07 Å². The highest BCUT2D eigenvalue weighted by atomic mass is 32.2. The first-order valence-electron chi connectivity index (χ1n) is 7.96. The van der Waals surface area contributed by atoms with Gasteiger partial charge < -0.3 is 13.3 Å². The zero-order valence-corrected chi connectivity index (χ0v) is 15.4. The molecule has 3 rings (SSSR count). The lowest BCUT2D eigenvalue weighted by atomic mass is 10.00. The van der Waals surface area contributed by atoms with E-state index in [0.29, 0.717) is 5.75 Å². The predicted molar refractivity (Wildman–Crippen MR) is 97.4 cm³/mol. The minimum Gasteiger partial charge on any atom is -0.497 e. The third-order valence-corrected chi connectivity index (χ3v) is 5.19. The molecule has 0 unspecified atom stereocenters. The van der Waals surface area contributed by atoms with Crippen LogP contribution in [0.1, 0.15) is 25.3 Å². The Labute approximate surface area is 151 Å². The van der Waals surface area contributed by atoms with Crippen molar-refractivity contribution >= 4 is 21.1 Å². The van der Waals surface area contributed by atoms with Crippen LogP contribution >= 0.6 is 0 Å². The van der Waals surface area contributed by atoms with E-state index < -0.39 is 15.7 Å². The van der Waals surface area contributed by atoms with Crippen LogP contribution in [0.4, 0.5) is 0 Å². The maximum Gasteiger partial charge on any atom is 0.339 e. The van der Waals surface area contributed by atoms with Gasteiger partial charge >= 0.3 is 15.7 Å². The fraction of sp³-hybridized carbons (Fsp3) is 0.211. The van der Waals surface area contributed by atoms with Gasteiger partial charge in [0.2, 0.25) is 0 Å². The number of rotatable bonds is 5. The molecule has 26 heavy (non-hydrogen) atoms. The molecule has 136 valence electrons. The molecule has 1 aromatic heterocycles. The maximum atomic E-state index is 12.4. The highest BCUT2D eigenvalue weighted by Gasteiger charge is 2.18. The summed E-state index contributed by atoms with van der Waals surface area (Å²) in [5.74, 6) is 0.728. The lowest BCUT2D eigenvalue weighted by Crippen LogP contribution is -2.10. The fourth-order valence-electron chi connectivity index (χ4n) is 2.61. The normalized spacial score (nSPS) is 11.7. The molecule has 2 aromatic carbocycles. The Morgan fingerprint density at radius 3 is 2.23 bits per heavy atom. The van der Waals surface area contributed by atoms with Crippen molar-refractivity contribution in [2.75, 3.05) is 7.11 Å². The summed E-state index contributed by atoms with van der Waals surface area (Å²) in [6.07, 6.45) is 0. The second-order valence-corrected chi connectivity index (χ2v) is 7.59. The van der Waals surface area contributed by atoms with Gasteiger partial charge in [-0.1, -0.05) is 13.8 Å². The Kier molecular flexibility index (Phi) is 4.73. The van der Waals surface area contributed by atoms with Crippen molar-refractivity contribution in [2.24, 2.45) is 0 Å². The van der Waals surface area contributed by atoms with E-state index in [-0.39, 0.29) is 22.1 Å². The van der Waals surface area contributed by atoms with E-state index in [1.165, 1.54) is 49.6 Å². The van der Waals surface area contributed by atoms with Crippen molar-refractivity contribution in [3.05, 3.63) is 64.5 Å². The highest BCUT2D eigenvalue weighted by molar-refractivity contribution is 7.87. The van der Waals surface area contributed by atoms with Gasteiger partial charge in [-0.25, -0.2) is 4.79 Å². The lowest BCUT2D eigenvalue weighted by Gasteiger charge is -2.11. The van der Waals surface area contributed by atoms with Crippen molar-refractivity contribution in [1.29, 1.82) is 0 Å². The van der Waals surface area contributed by atoms with Gasteiger partial charge in [-0.15, -0.1) is 0 Å². The van der Waals surface area contributed by atoms with Crippen molar-refractivity contribution in [3.63, 3.8) is 0 Å². The minimum absolute atomic E-state index is 0.00391. The van der Waals surface area contributed by atoms with Crippen LogP contribution in [0.25, 0.3) is 11.0 Å². The van der Waals surface area contributed by atoms with Gasteiger partial charge in [-0.2, -0.15) is 8.42 Å². The number of ether oxygens (including phenoxy) is 1. The van der Waals surface area contributed by atoms with Gasteiger partial charge in [-0.3, -0.25) is 0 Å². The summed E-state index contributed by atoms with van der Waals surface area (Å²) in [5.41, 5.74) is 0.626. The molecule has 1 heterocycles. The van der Waals surface area contributed by atoms with Crippen molar-refractivity contribution < 1.29 is 21.8 Å². The van der Waals surface area contributed by atoms with E-state index in [1.807, 2.05) is 13.8 Å². The Morgan fingerprint density at radius 2 is 1.62 bits per heavy atom. The van der Waals surface area contributed by atoms with E-state index >= 15 is 0 Å². The van der Waals surface area contributed by atoms with Crippen molar-refractivity contribution in [3.8, 4) is 11.5 Å². The van der Waals surface area contributed by atoms with Crippen molar-refractivity contribution in [2.45, 2.75) is 24.7 Å². The SMILES string of the molecule is COc1ccc(S(=O)(=O)Oc2ccc3c(C(C)C)cc(=O)oc3c2)cc1. The lowest BCUT2D eigenvalue weighted by molar-refractivity contribution is 0.414. The van der Waals surface area contributed by atoms with E-state index in [0.717, 1.165) is 10.9 Å². The molecule has 6 nitrogen and oxygen atoms in total. The average molecular weight is 374 g/mol. The van der Waals surface area contributed by atoms with E-state index in [2.05, 4.69) is 0 Å². The van der Waals surface area contributed by atoms with Gasteiger partial charge in [0.25, 0.3) is 0 Å². The van der Waals surface area contributed by atoms with E-state index in [9.17, 15) is 13.2 Å². The zero-order chi connectivity index (χ0) is 18.9. The molecule has 0 atom stereocenters. The second-order valence-electron chi connectivity index (χ2n) is 6.05. The van der Waals surface area contributed by atoms with Crippen LogP contribution in [0.3, 0.4) is 0 Å². The van der Waals surface area contributed by atoms with Gasteiger partial charge in [0, 0.05) is 17.5 Å². The molecular weight excluding hydrogens is 356 g/mol. The Bertz CT molecular complexity index is 1100. The quantitative estimate of drug-likeness (QED) is 0.500. The molecule has 0 aliphatic heterocycles. The smallest absolute Gasteiger partial charge is 0.339 e. The monoisotopic (exact) mass is 374 g/mol. The number of fused-ring (bicyclic) bond motifs is 1. The van der Waals surface area contributed by atoms with Crippen LogP contribution in [-0.4, -0.2) is 15.5 Å². The molecule has 0 aliphatic rings. The fourth-order valence-corrected chi connectivity index (χ4v) is 3.54. The topological polar surface area (TPSA) is 82.8 Å². The molecule has 7 heteroatoms. The molecule has 0 fully saturated rings. The number of benzene rings is 2. The molecule has 0 spiro atoms. The molecule has 0 saturated heterocycles. The first-order chi connectivity index (χ1) is 12.3. The summed E-state index contributed by atoms with van der Waals surface area (Å²) < 4.78 is 40.2. The number of hydrogen-bond donors (Lipinski definition) is 0. The third kappa shape index (κ3) is 3.57. The Morgan fingerprint density at radius 1 is 0.962 bits per heavy atom. The molecule has 0 N–H and O–H groups in total. The maximum absolute atomic E-state index is 12.4. The van der Waals surface area contributed by atoms with Crippen LogP contribution < -0.4 is 14.5 Å². The Balaban J connectivity index is 1.99. The summed E-state index contributed by atoms with van der Waals surface area (Å²) >= 11 is 0. The Hall–Kier alpha value is -2.80. The summed E-state index contributed by atoms with van der Waals surface area (Å²) in [6.45, 7) is 3.93. The first-order valence-corrected chi connectivity index (χ1v) is 9.37. The molecule has 0 bridgehead atoms. The third-order valence-electron chi connectivity index (χ3n) is 3.92. The molecule has 3 aromatic rings. The van der Waals surface area contributed by atoms with Gasteiger partial charge in [-0.05, 0) is 47.9 Å². The van der Waals surface area contributed by atoms with Crippen LogP contribution in [0, 0.1) is 0 Å². The molecule has 0 aliphatic carbocycles. The van der Waals surface area contributed by atoms with Crippen LogP contribution in [0.15, 0.2) is 62.6 Å². The van der Waals surface area contributed by atoms with Crippen molar-refractivity contribution in [1.82, 2.24) is 0 Å². The van der Waals surface area contributed by atoms with E-state index in [4.69, 9.17) is 13.3 Å². The largest absolute Gasteiger partial charge is 0.497 e. The molecule has 0 radical (unpaired) electrons. The number of hydrogen-bond acceptors (Lipinski definition) is 6. The predicted octanol–water partition coefficient (Wildman–Crippen LogP) is 3.69. The van der Waals surface area contributed by atoms with Gasteiger partial charge in [0.15, 0.2) is 0 Å². The molecular formula is C19H18O6S. The standard InChI is InChI=1S/C19H18O6S/c1-12(2)17-11-19(20)24-18-10-14(6-9-16(17)18)25-26(21,22)15-7-4-13(23-3)5-8-15/h4-12H,1-3H3. The summed E-state index contributed by atoms with van der Waals surface area (Å²) in [5, 5.41) is 0.744. The minimum atomic E-state index is -4.02. The molecule has 0 amide bonds. The first kappa shape index (κ1) is 18.0. The number of methoxy groups -OCH3 is 1. The average Bonchev–Trinajstić information content (AvgIpc) is 2.60. The van der Waals surface area contributed by atoms with Crippen LogP contribution in [-0.2, 0) is 10.1 Å². The van der Waals surface area contributed by atoms with Gasteiger partial charge in [0.05, 0.1) is 7.11 Å². The van der Waals surface area contributed by atoms with Crippen LogP contribution in [0.5, 0.6) is 11.5 Å². The summed E-state index contributed by atoms with van der Waals surface area (Å²) in [4.78, 5) is 11.7. The highest BCUT2D eigenvalue weighted by Crippen LogP contribution is 2.28. The molecule has 0 saturated carbocycles. The second kappa shape index (κ2) is 6.84. The summed E-state index contributed by atoms with van der Waals surface area (Å²) in [6, 6.07) is 11.9.